The van der Waals surface area contributed by atoms with E-state index in [1.807, 2.05) is 12.1 Å². The summed E-state index contributed by atoms with van der Waals surface area (Å²) < 4.78 is 5.55. The topological polar surface area (TPSA) is 46.5 Å². The standard InChI is InChI=1S/C15H18O3/c16-14(15(17)8-2-1-3-9-15)12-6-4-5-11-7-10-18-13(11)12/h4-6,17H,1-3,7-10H2. The van der Waals surface area contributed by atoms with E-state index in [4.69, 9.17) is 4.74 Å². The predicted molar refractivity (Wildman–Crippen MR) is 68.0 cm³/mol. The molecule has 1 N–H and O–H groups in total. The molecule has 0 saturated heterocycles. The number of benzene rings is 1. The first-order valence-corrected chi connectivity index (χ1v) is 6.73. The van der Waals surface area contributed by atoms with Crippen molar-refractivity contribution in [1.82, 2.24) is 0 Å². The molecule has 96 valence electrons. The summed E-state index contributed by atoms with van der Waals surface area (Å²) in [5.41, 5.74) is 0.480. The molecule has 1 fully saturated rings. The van der Waals surface area contributed by atoms with E-state index in [2.05, 4.69) is 0 Å². The molecule has 3 rings (SSSR count). The number of ether oxygens (including phenoxy) is 1. The molecule has 0 radical (unpaired) electrons. The summed E-state index contributed by atoms with van der Waals surface area (Å²) in [4.78, 5) is 12.6. The average molecular weight is 246 g/mol. The maximum absolute atomic E-state index is 12.6. The normalized spacial score (nSPS) is 21.2. The number of aliphatic hydroxyl groups is 1. The molecular formula is C15H18O3. The lowest BCUT2D eigenvalue weighted by molar-refractivity contribution is 0.0114. The smallest absolute Gasteiger partial charge is 0.198 e. The Hall–Kier alpha value is -1.35. The van der Waals surface area contributed by atoms with Crippen LogP contribution in [0.15, 0.2) is 18.2 Å². The van der Waals surface area contributed by atoms with Crippen LogP contribution in [0, 0.1) is 0 Å². The van der Waals surface area contributed by atoms with E-state index in [-0.39, 0.29) is 5.78 Å². The van der Waals surface area contributed by atoms with Crippen LogP contribution in [0.1, 0.15) is 48.0 Å². The van der Waals surface area contributed by atoms with Crippen LogP contribution in [0.2, 0.25) is 0 Å². The highest BCUT2D eigenvalue weighted by molar-refractivity contribution is 6.04. The van der Waals surface area contributed by atoms with Crippen molar-refractivity contribution in [3.63, 3.8) is 0 Å². The van der Waals surface area contributed by atoms with Crippen LogP contribution in [0.4, 0.5) is 0 Å². The van der Waals surface area contributed by atoms with Gasteiger partial charge in [0.05, 0.1) is 12.2 Å². The van der Waals surface area contributed by atoms with Crippen LogP contribution in [0.3, 0.4) is 0 Å². The first kappa shape index (κ1) is 11.7. The molecule has 3 heteroatoms. The molecule has 1 aliphatic heterocycles. The predicted octanol–water partition coefficient (Wildman–Crippen LogP) is 2.50. The van der Waals surface area contributed by atoms with E-state index >= 15 is 0 Å². The number of hydrogen-bond acceptors (Lipinski definition) is 3. The third-order valence-corrected chi connectivity index (χ3v) is 4.06. The van der Waals surface area contributed by atoms with Gasteiger partial charge in [-0.05, 0) is 24.5 Å². The van der Waals surface area contributed by atoms with Crippen LogP contribution >= 0.6 is 0 Å². The summed E-state index contributed by atoms with van der Waals surface area (Å²) in [5, 5.41) is 10.5. The van der Waals surface area contributed by atoms with Crippen molar-refractivity contribution >= 4 is 5.78 Å². The van der Waals surface area contributed by atoms with Crippen molar-refractivity contribution in [3.8, 4) is 5.75 Å². The van der Waals surface area contributed by atoms with Crippen molar-refractivity contribution in [2.75, 3.05) is 6.61 Å². The van der Waals surface area contributed by atoms with Crippen LogP contribution in [-0.4, -0.2) is 23.1 Å². The van der Waals surface area contributed by atoms with Gasteiger partial charge in [-0.2, -0.15) is 0 Å². The molecule has 0 spiro atoms. The average Bonchev–Trinajstić information content (AvgIpc) is 2.87. The van der Waals surface area contributed by atoms with Gasteiger partial charge >= 0.3 is 0 Å². The molecule has 0 unspecified atom stereocenters. The number of hydrogen-bond donors (Lipinski definition) is 1. The Kier molecular flexibility index (Phi) is 2.86. The van der Waals surface area contributed by atoms with Gasteiger partial charge in [0.15, 0.2) is 5.78 Å². The summed E-state index contributed by atoms with van der Waals surface area (Å²) in [6.45, 7) is 0.637. The Balaban J connectivity index is 1.95. The van der Waals surface area contributed by atoms with Gasteiger partial charge in [-0.25, -0.2) is 0 Å². The third-order valence-electron chi connectivity index (χ3n) is 4.06. The number of rotatable bonds is 2. The SMILES string of the molecule is O=C(c1cccc2c1OCC2)C1(O)CCCCC1. The second-order valence-corrected chi connectivity index (χ2v) is 5.31. The zero-order valence-corrected chi connectivity index (χ0v) is 10.4. The molecule has 1 aromatic carbocycles. The van der Waals surface area contributed by atoms with Crippen molar-refractivity contribution in [1.29, 1.82) is 0 Å². The van der Waals surface area contributed by atoms with Crippen LogP contribution in [0.25, 0.3) is 0 Å². The molecule has 2 aliphatic rings. The van der Waals surface area contributed by atoms with Crippen molar-refractivity contribution < 1.29 is 14.6 Å². The monoisotopic (exact) mass is 246 g/mol. The Morgan fingerprint density at radius 2 is 2.00 bits per heavy atom. The third kappa shape index (κ3) is 1.83. The molecule has 0 bridgehead atoms. The molecular weight excluding hydrogens is 228 g/mol. The zero-order valence-electron chi connectivity index (χ0n) is 10.4. The summed E-state index contributed by atoms with van der Waals surface area (Å²) in [6.07, 6.45) is 4.98. The number of fused-ring (bicyclic) bond motifs is 1. The highest BCUT2D eigenvalue weighted by Gasteiger charge is 2.39. The largest absolute Gasteiger partial charge is 0.492 e. The fourth-order valence-electron chi connectivity index (χ4n) is 3.01. The van der Waals surface area contributed by atoms with Gasteiger partial charge < -0.3 is 9.84 Å². The van der Waals surface area contributed by atoms with Crippen LogP contribution in [0.5, 0.6) is 5.75 Å². The highest BCUT2D eigenvalue weighted by Crippen LogP contribution is 2.36. The van der Waals surface area contributed by atoms with Gasteiger partial charge in [0, 0.05) is 6.42 Å². The Morgan fingerprint density at radius 3 is 2.78 bits per heavy atom. The molecule has 1 saturated carbocycles. The minimum Gasteiger partial charge on any atom is -0.492 e. The van der Waals surface area contributed by atoms with Crippen molar-refractivity contribution in [2.45, 2.75) is 44.1 Å². The molecule has 0 amide bonds. The summed E-state index contributed by atoms with van der Waals surface area (Å²) in [5.74, 6) is 0.544. The first-order chi connectivity index (χ1) is 8.71. The second-order valence-electron chi connectivity index (χ2n) is 5.31. The second kappa shape index (κ2) is 4.39. The lowest BCUT2D eigenvalue weighted by Gasteiger charge is -2.30. The Morgan fingerprint density at radius 1 is 1.22 bits per heavy atom. The Labute approximate surface area is 107 Å². The van der Waals surface area contributed by atoms with Gasteiger partial charge in [-0.3, -0.25) is 4.79 Å². The molecule has 0 aromatic heterocycles. The van der Waals surface area contributed by atoms with Crippen LogP contribution < -0.4 is 4.74 Å². The van der Waals surface area contributed by atoms with Gasteiger partial charge in [0.2, 0.25) is 0 Å². The van der Waals surface area contributed by atoms with E-state index in [1.54, 1.807) is 6.07 Å². The molecule has 1 aromatic rings. The van der Waals surface area contributed by atoms with Gasteiger partial charge in [-0.1, -0.05) is 31.4 Å². The first-order valence-electron chi connectivity index (χ1n) is 6.73. The highest BCUT2D eigenvalue weighted by atomic mass is 16.5. The number of para-hydroxylation sites is 1. The number of carbonyl (C=O) groups is 1. The fraction of sp³-hybridized carbons (Fsp3) is 0.533. The molecule has 18 heavy (non-hydrogen) atoms. The summed E-state index contributed by atoms with van der Waals surface area (Å²) >= 11 is 0. The maximum atomic E-state index is 12.6. The van der Waals surface area contributed by atoms with E-state index < -0.39 is 5.60 Å². The fourth-order valence-corrected chi connectivity index (χ4v) is 3.01. The zero-order chi connectivity index (χ0) is 12.6. The lowest BCUT2D eigenvalue weighted by Crippen LogP contribution is -2.40. The minimum atomic E-state index is -1.17. The number of ketones is 1. The van der Waals surface area contributed by atoms with E-state index in [0.717, 1.165) is 31.2 Å². The molecule has 1 heterocycles. The summed E-state index contributed by atoms with van der Waals surface area (Å²) in [6, 6.07) is 5.65. The number of carbonyl (C=O) groups excluding carboxylic acids is 1. The Bertz CT molecular complexity index is 473. The lowest BCUT2D eigenvalue weighted by atomic mass is 9.79. The maximum Gasteiger partial charge on any atom is 0.198 e. The minimum absolute atomic E-state index is 0.152. The van der Waals surface area contributed by atoms with Crippen molar-refractivity contribution in [2.24, 2.45) is 0 Å². The van der Waals surface area contributed by atoms with Crippen LogP contribution in [-0.2, 0) is 6.42 Å². The molecule has 0 atom stereocenters. The molecule has 3 nitrogen and oxygen atoms in total. The van der Waals surface area contributed by atoms with E-state index in [1.165, 1.54) is 0 Å². The van der Waals surface area contributed by atoms with Gasteiger partial charge in [-0.15, -0.1) is 0 Å². The molecule has 1 aliphatic carbocycles. The summed E-state index contributed by atoms with van der Waals surface area (Å²) in [7, 11) is 0. The van der Waals surface area contributed by atoms with E-state index in [0.29, 0.717) is 30.8 Å². The van der Waals surface area contributed by atoms with Gasteiger partial charge in [0.25, 0.3) is 0 Å². The van der Waals surface area contributed by atoms with Crippen molar-refractivity contribution in [3.05, 3.63) is 29.3 Å². The number of Topliss-reactive ketones (excluding diaryl/α,β-unsaturated/α-hetero) is 1. The van der Waals surface area contributed by atoms with Gasteiger partial charge in [0.1, 0.15) is 11.4 Å². The van der Waals surface area contributed by atoms with E-state index in [9.17, 15) is 9.90 Å². The quantitative estimate of drug-likeness (QED) is 0.815.